The van der Waals surface area contributed by atoms with E-state index < -0.39 is 35.0 Å². The van der Waals surface area contributed by atoms with Crippen LogP contribution >= 0.6 is 0 Å². The second kappa shape index (κ2) is 13.8. The van der Waals surface area contributed by atoms with Crippen LogP contribution in [0.5, 0.6) is 0 Å². The van der Waals surface area contributed by atoms with Gasteiger partial charge in [-0.3, -0.25) is 14.4 Å². The van der Waals surface area contributed by atoms with Gasteiger partial charge in [0.05, 0.1) is 23.6 Å². The summed E-state index contributed by atoms with van der Waals surface area (Å²) >= 11 is 0. The van der Waals surface area contributed by atoms with Crippen molar-refractivity contribution in [3.63, 3.8) is 0 Å². The second-order valence-corrected chi connectivity index (χ2v) is 12.9. The van der Waals surface area contributed by atoms with Gasteiger partial charge in [-0.05, 0) is 63.5 Å². The van der Waals surface area contributed by atoms with Crippen molar-refractivity contribution in [2.24, 2.45) is 17.8 Å². The number of esters is 1. The Morgan fingerprint density at radius 1 is 1.16 bits per heavy atom. The zero-order valence-electron chi connectivity index (χ0n) is 26.6. The highest BCUT2D eigenvalue weighted by atomic mass is 16.6. The van der Waals surface area contributed by atoms with E-state index in [0.717, 1.165) is 31.2 Å². The first-order chi connectivity index (χ1) is 21.7. The quantitative estimate of drug-likeness (QED) is 0.160. The van der Waals surface area contributed by atoms with Crippen LogP contribution in [0.1, 0.15) is 65.2 Å². The number of aliphatic hydroxyl groups excluding tert-OH is 1. The van der Waals surface area contributed by atoms with Gasteiger partial charge >= 0.3 is 5.97 Å². The fourth-order valence-electron chi connectivity index (χ4n) is 7.75. The van der Waals surface area contributed by atoms with Crippen molar-refractivity contribution in [2.75, 3.05) is 26.3 Å². The summed E-state index contributed by atoms with van der Waals surface area (Å²) in [5.74, 6) is -2.64. The Labute approximate surface area is 265 Å². The molecule has 2 bridgehead atoms. The number of hydrogen-bond donors (Lipinski definition) is 1. The van der Waals surface area contributed by atoms with Crippen LogP contribution in [0.2, 0.25) is 0 Å². The number of ether oxygens (including phenoxy) is 2. The first kappa shape index (κ1) is 32.8. The number of hydrogen-bond acceptors (Lipinski definition) is 8. The van der Waals surface area contributed by atoms with E-state index >= 15 is 0 Å². The molecule has 11 nitrogen and oxygen atoms in total. The van der Waals surface area contributed by atoms with Crippen molar-refractivity contribution in [1.82, 2.24) is 24.8 Å². The van der Waals surface area contributed by atoms with E-state index in [-0.39, 0.29) is 44.2 Å². The number of fused-ring (bicyclic) bond motifs is 2. The van der Waals surface area contributed by atoms with Gasteiger partial charge in [0.2, 0.25) is 11.8 Å². The third-order valence-corrected chi connectivity index (χ3v) is 10.0. The Bertz CT molecular complexity index is 1410. The summed E-state index contributed by atoms with van der Waals surface area (Å²) in [7, 11) is 0. The predicted molar refractivity (Wildman–Crippen MR) is 168 cm³/mol. The van der Waals surface area contributed by atoms with E-state index in [9.17, 15) is 19.5 Å². The van der Waals surface area contributed by atoms with Crippen LogP contribution in [0.25, 0.3) is 11.0 Å². The minimum absolute atomic E-state index is 0.0771. The molecule has 0 aliphatic carbocycles. The number of allylic oxidation sites excluding steroid dienone is 1. The Kier molecular flexibility index (Phi) is 10.1. The number of aromatic nitrogens is 3. The van der Waals surface area contributed by atoms with Gasteiger partial charge in [0.1, 0.15) is 29.7 Å². The van der Waals surface area contributed by atoms with Crippen LogP contribution < -0.4 is 0 Å². The lowest BCUT2D eigenvalue weighted by atomic mass is 9.62. The zero-order chi connectivity index (χ0) is 32.2. The molecule has 1 spiro atoms. The molecule has 1 N–H and O–H groups in total. The summed E-state index contributed by atoms with van der Waals surface area (Å²) in [5, 5.41) is 17.8. The van der Waals surface area contributed by atoms with E-state index in [1.165, 1.54) is 0 Å². The summed E-state index contributed by atoms with van der Waals surface area (Å²) in [4.78, 5) is 46.2. The third kappa shape index (κ3) is 5.92. The van der Waals surface area contributed by atoms with Gasteiger partial charge in [-0.2, -0.15) is 0 Å². The number of para-hydroxylation sites is 1. The maximum absolute atomic E-state index is 14.8. The summed E-state index contributed by atoms with van der Waals surface area (Å²) in [6, 6.07) is 6.62. The molecule has 1 aromatic carbocycles. The number of aliphatic hydroxyl groups is 1. The average Bonchev–Trinajstić information content (AvgIpc) is 3.70. The molecule has 2 aromatic rings. The number of unbranched alkanes of at least 4 members (excludes halogenated alkanes) is 5. The molecule has 4 heterocycles. The molecule has 3 aliphatic heterocycles. The summed E-state index contributed by atoms with van der Waals surface area (Å²) in [6.45, 7) is 12.6. The lowest BCUT2D eigenvalue weighted by Crippen LogP contribution is -2.56. The molecule has 5 rings (SSSR count). The molecule has 11 heteroatoms. The van der Waals surface area contributed by atoms with Gasteiger partial charge in [0.15, 0.2) is 0 Å². The standard InChI is InChI=1S/C34H47N5O6/c1-5-7-8-15-21-44-32(43)28-27-30(41)38(19-13-9-10-14-20-40)29(34(27)22-24(3)33(28,4)45-34)31(42)37(18-6-2)23-39-26-17-12-11-16-25(26)35-36-39/h5-6,11-12,16-17,24,27-29,40H,1-2,7-10,13-15,18-23H2,3-4H3/t24?,27-,28-,29?,33+,34?/m0/s1. The largest absolute Gasteiger partial charge is 0.465 e. The number of nitrogens with zero attached hydrogens (tertiary/aromatic N) is 5. The third-order valence-electron chi connectivity index (χ3n) is 10.0. The number of likely N-dealkylation sites (tertiary alicyclic amines) is 1. The van der Waals surface area contributed by atoms with Crippen LogP contribution in [0.3, 0.4) is 0 Å². The molecule has 244 valence electrons. The van der Waals surface area contributed by atoms with Crippen molar-refractivity contribution < 1.29 is 29.0 Å². The van der Waals surface area contributed by atoms with Gasteiger partial charge < -0.3 is 24.4 Å². The van der Waals surface area contributed by atoms with Crippen LogP contribution in [0, 0.1) is 17.8 Å². The van der Waals surface area contributed by atoms with Crippen molar-refractivity contribution in [2.45, 2.75) is 89.1 Å². The van der Waals surface area contributed by atoms with Crippen molar-refractivity contribution >= 4 is 28.8 Å². The number of carbonyl (C=O) groups excluding carboxylic acids is 3. The Balaban J connectivity index is 1.47. The average molecular weight is 622 g/mol. The molecule has 6 atom stereocenters. The summed E-state index contributed by atoms with van der Waals surface area (Å²) in [5.41, 5.74) is -0.596. The monoisotopic (exact) mass is 621 g/mol. The molecular weight excluding hydrogens is 574 g/mol. The smallest absolute Gasteiger partial charge is 0.312 e. The molecule has 3 unspecified atom stereocenters. The fourth-order valence-corrected chi connectivity index (χ4v) is 7.75. The zero-order valence-corrected chi connectivity index (χ0v) is 26.6. The summed E-state index contributed by atoms with van der Waals surface area (Å²) in [6.07, 6.45) is 9.35. The Morgan fingerprint density at radius 3 is 2.69 bits per heavy atom. The highest BCUT2D eigenvalue weighted by molar-refractivity contribution is 5.98. The molecule has 2 amide bonds. The Hall–Kier alpha value is -3.57. The first-order valence-electron chi connectivity index (χ1n) is 16.3. The highest BCUT2D eigenvalue weighted by Crippen LogP contribution is 2.65. The number of carbonyl (C=O) groups is 3. The molecule has 0 radical (unpaired) electrons. The van der Waals surface area contributed by atoms with Gasteiger partial charge in [-0.1, -0.05) is 49.3 Å². The minimum Gasteiger partial charge on any atom is -0.465 e. The van der Waals surface area contributed by atoms with Crippen molar-refractivity contribution in [3.8, 4) is 0 Å². The van der Waals surface area contributed by atoms with Gasteiger partial charge in [0.25, 0.3) is 0 Å². The summed E-state index contributed by atoms with van der Waals surface area (Å²) < 4.78 is 14.3. The minimum atomic E-state index is -1.16. The second-order valence-electron chi connectivity index (χ2n) is 12.9. The van der Waals surface area contributed by atoms with E-state index in [1.54, 1.807) is 20.6 Å². The number of rotatable bonds is 17. The van der Waals surface area contributed by atoms with Crippen LogP contribution in [0.4, 0.5) is 0 Å². The lowest BCUT2D eigenvalue weighted by Gasteiger charge is -2.37. The molecular formula is C34H47N5O6. The SMILES string of the molecule is C=CCCCCOC(=O)[C@@H]1[C@H]2C(=O)N(CCCCCCO)C(C(=O)N(CC=C)Cn3nnc4ccccc43)C23CC(C)[C@@]1(C)O3. The van der Waals surface area contributed by atoms with Crippen molar-refractivity contribution in [3.05, 3.63) is 49.6 Å². The van der Waals surface area contributed by atoms with Gasteiger partial charge in [-0.15, -0.1) is 18.3 Å². The predicted octanol–water partition coefficient (Wildman–Crippen LogP) is 3.87. The first-order valence-corrected chi connectivity index (χ1v) is 16.3. The molecule has 3 saturated heterocycles. The normalized spacial score (nSPS) is 28.4. The van der Waals surface area contributed by atoms with Crippen LogP contribution in [0.15, 0.2) is 49.6 Å². The number of amides is 2. The fraction of sp³-hybridized carbons (Fsp3) is 0.618. The molecule has 0 saturated carbocycles. The lowest BCUT2D eigenvalue weighted by molar-refractivity contribution is -0.162. The van der Waals surface area contributed by atoms with E-state index in [4.69, 9.17) is 9.47 Å². The van der Waals surface area contributed by atoms with Gasteiger partial charge in [-0.25, -0.2) is 4.68 Å². The van der Waals surface area contributed by atoms with Crippen LogP contribution in [-0.4, -0.2) is 91.2 Å². The van der Waals surface area contributed by atoms with E-state index in [1.807, 2.05) is 44.2 Å². The molecule has 3 aliphatic rings. The molecule has 3 fully saturated rings. The van der Waals surface area contributed by atoms with Crippen molar-refractivity contribution in [1.29, 1.82) is 0 Å². The maximum atomic E-state index is 14.8. The Morgan fingerprint density at radius 2 is 1.93 bits per heavy atom. The molecule has 45 heavy (non-hydrogen) atoms. The van der Waals surface area contributed by atoms with Crippen LogP contribution in [-0.2, 0) is 30.5 Å². The maximum Gasteiger partial charge on any atom is 0.312 e. The van der Waals surface area contributed by atoms with E-state index in [0.29, 0.717) is 37.7 Å². The highest BCUT2D eigenvalue weighted by Gasteiger charge is 2.80. The van der Waals surface area contributed by atoms with Gasteiger partial charge in [0, 0.05) is 19.7 Å². The number of benzene rings is 1. The van der Waals surface area contributed by atoms with E-state index in [2.05, 4.69) is 23.5 Å². The molecule has 1 aromatic heterocycles. The topological polar surface area (TPSA) is 127 Å².